The number of nitrogens with zero attached hydrogens (tertiary/aromatic N) is 2. The Morgan fingerprint density at radius 1 is 1.00 bits per heavy atom. The largest absolute Gasteiger partial charge is 0.497 e. The lowest BCUT2D eigenvalue weighted by Gasteiger charge is -2.09. The van der Waals surface area contributed by atoms with Gasteiger partial charge in [0.15, 0.2) is 5.69 Å². The second-order valence-corrected chi connectivity index (χ2v) is 6.53. The predicted octanol–water partition coefficient (Wildman–Crippen LogP) is 3.83. The Bertz CT molecular complexity index is 1010. The fourth-order valence-electron chi connectivity index (χ4n) is 2.97. The van der Waals surface area contributed by atoms with Crippen LogP contribution in [0, 0.1) is 0 Å². The van der Waals surface area contributed by atoms with Gasteiger partial charge in [0.25, 0.3) is 0 Å². The van der Waals surface area contributed by atoms with Gasteiger partial charge in [-0.1, -0.05) is 24.3 Å². The minimum Gasteiger partial charge on any atom is -0.497 e. The smallest absolute Gasteiger partial charge is 0.358 e. The third-order valence-electron chi connectivity index (χ3n) is 4.46. The first-order valence-electron chi connectivity index (χ1n) is 9.66. The van der Waals surface area contributed by atoms with Crippen LogP contribution < -0.4 is 4.74 Å². The van der Waals surface area contributed by atoms with Crippen LogP contribution in [-0.4, -0.2) is 42.0 Å². The van der Waals surface area contributed by atoms with Crippen LogP contribution in [0.1, 0.15) is 29.9 Å². The molecule has 0 spiro atoms. The van der Waals surface area contributed by atoms with Crippen molar-refractivity contribution < 1.29 is 23.8 Å². The number of aromatic nitrogens is 2. The summed E-state index contributed by atoms with van der Waals surface area (Å²) >= 11 is 0. The highest BCUT2D eigenvalue weighted by Gasteiger charge is 2.17. The van der Waals surface area contributed by atoms with E-state index < -0.39 is 5.97 Å². The number of carbonyl (C=O) groups excluding carboxylic acids is 2. The molecule has 0 aliphatic heterocycles. The standard InChI is InChI=1S/C23H24N2O5/c1-4-29-23(27)21-15-22(25(24-21)19-9-11-20(28-3)12-10-19)18-7-5-17(6-8-18)13-14-30-16(2)26/h5-12,15H,4,13-14H2,1-3H3. The summed E-state index contributed by atoms with van der Waals surface area (Å²) in [6, 6.07) is 17.0. The van der Waals surface area contributed by atoms with Crippen LogP contribution in [0.5, 0.6) is 5.75 Å². The molecule has 0 N–H and O–H groups in total. The molecule has 156 valence electrons. The van der Waals surface area contributed by atoms with Gasteiger partial charge < -0.3 is 14.2 Å². The number of carbonyl (C=O) groups is 2. The van der Waals surface area contributed by atoms with Gasteiger partial charge in [-0.3, -0.25) is 4.79 Å². The monoisotopic (exact) mass is 408 g/mol. The van der Waals surface area contributed by atoms with E-state index in [2.05, 4.69) is 5.10 Å². The summed E-state index contributed by atoms with van der Waals surface area (Å²) in [6.45, 7) is 3.77. The van der Waals surface area contributed by atoms with Crippen LogP contribution in [0.25, 0.3) is 16.9 Å². The van der Waals surface area contributed by atoms with Crippen molar-refractivity contribution in [2.45, 2.75) is 20.3 Å². The normalized spacial score (nSPS) is 10.5. The van der Waals surface area contributed by atoms with Gasteiger partial charge in [-0.25, -0.2) is 9.48 Å². The molecule has 0 radical (unpaired) electrons. The average molecular weight is 408 g/mol. The van der Waals surface area contributed by atoms with Crippen molar-refractivity contribution in [3.05, 3.63) is 65.9 Å². The second kappa shape index (κ2) is 9.73. The number of rotatable bonds is 8. The van der Waals surface area contributed by atoms with Crippen LogP contribution >= 0.6 is 0 Å². The third kappa shape index (κ3) is 5.05. The molecule has 1 heterocycles. The SMILES string of the molecule is CCOC(=O)c1cc(-c2ccc(CCOC(C)=O)cc2)n(-c2ccc(OC)cc2)n1. The molecule has 0 unspecified atom stereocenters. The molecule has 1 aromatic heterocycles. The molecule has 7 heteroatoms. The molecule has 3 rings (SSSR count). The minimum atomic E-state index is -0.469. The van der Waals surface area contributed by atoms with Gasteiger partial charge in [0.2, 0.25) is 0 Å². The van der Waals surface area contributed by atoms with Crippen molar-refractivity contribution in [3.8, 4) is 22.7 Å². The molecule has 7 nitrogen and oxygen atoms in total. The zero-order chi connectivity index (χ0) is 21.5. The van der Waals surface area contributed by atoms with E-state index in [9.17, 15) is 9.59 Å². The number of hydrogen-bond donors (Lipinski definition) is 0. The van der Waals surface area contributed by atoms with E-state index in [-0.39, 0.29) is 18.3 Å². The van der Waals surface area contributed by atoms with Gasteiger partial charge in [0.05, 0.1) is 31.7 Å². The van der Waals surface area contributed by atoms with E-state index in [0.29, 0.717) is 13.0 Å². The lowest BCUT2D eigenvalue weighted by atomic mass is 10.1. The van der Waals surface area contributed by atoms with Crippen molar-refractivity contribution in [1.29, 1.82) is 0 Å². The predicted molar refractivity (Wildman–Crippen MR) is 112 cm³/mol. The van der Waals surface area contributed by atoms with E-state index >= 15 is 0 Å². The number of benzene rings is 2. The van der Waals surface area contributed by atoms with Gasteiger partial charge >= 0.3 is 11.9 Å². The van der Waals surface area contributed by atoms with Gasteiger partial charge in [-0.15, -0.1) is 0 Å². The molecule has 0 atom stereocenters. The molecule has 0 fully saturated rings. The number of ether oxygens (including phenoxy) is 3. The first-order chi connectivity index (χ1) is 14.5. The zero-order valence-electron chi connectivity index (χ0n) is 17.3. The van der Waals surface area contributed by atoms with Crippen LogP contribution in [0.4, 0.5) is 0 Å². The van der Waals surface area contributed by atoms with E-state index in [4.69, 9.17) is 14.2 Å². The second-order valence-electron chi connectivity index (χ2n) is 6.53. The molecule has 0 aliphatic carbocycles. The quantitative estimate of drug-likeness (QED) is 0.527. The molecule has 0 amide bonds. The molecular formula is C23H24N2O5. The number of esters is 2. The first-order valence-corrected chi connectivity index (χ1v) is 9.66. The molecule has 2 aromatic carbocycles. The van der Waals surface area contributed by atoms with Crippen LogP contribution in [0.15, 0.2) is 54.6 Å². The summed E-state index contributed by atoms with van der Waals surface area (Å²) in [4.78, 5) is 23.2. The van der Waals surface area contributed by atoms with Crippen molar-refractivity contribution in [3.63, 3.8) is 0 Å². The Morgan fingerprint density at radius 3 is 2.30 bits per heavy atom. The Labute approximate surface area is 175 Å². The van der Waals surface area contributed by atoms with Crippen LogP contribution in [-0.2, 0) is 20.7 Å². The van der Waals surface area contributed by atoms with Crippen molar-refractivity contribution >= 4 is 11.9 Å². The lowest BCUT2D eigenvalue weighted by Crippen LogP contribution is -2.06. The summed E-state index contributed by atoms with van der Waals surface area (Å²) in [7, 11) is 1.61. The third-order valence-corrected chi connectivity index (χ3v) is 4.46. The van der Waals surface area contributed by atoms with Gasteiger partial charge in [-0.05, 0) is 42.8 Å². The van der Waals surface area contributed by atoms with Gasteiger partial charge in [0, 0.05) is 18.9 Å². The molecule has 0 saturated carbocycles. The minimum absolute atomic E-state index is 0.238. The fraction of sp³-hybridized carbons (Fsp3) is 0.261. The highest BCUT2D eigenvalue weighted by Crippen LogP contribution is 2.26. The van der Waals surface area contributed by atoms with Gasteiger partial charge in [-0.2, -0.15) is 5.10 Å². The molecule has 0 saturated heterocycles. The van der Waals surface area contributed by atoms with E-state index in [0.717, 1.165) is 28.3 Å². The Kier molecular flexibility index (Phi) is 6.85. The van der Waals surface area contributed by atoms with E-state index in [1.54, 1.807) is 24.8 Å². The maximum atomic E-state index is 12.2. The summed E-state index contributed by atoms with van der Waals surface area (Å²) in [5.74, 6) is -0.0271. The number of methoxy groups -OCH3 is 1. The van der Waals surface area contributed by atoms with Crippen LogP contribution in [0.2, 0.25) is 0 Å². The summed E-state index contributed by atoms with van der Waals surface area (Å²) in [5, 5.41) is 4.47. The maximum Gasteiger partial charge on any atom is 0.358 e. The summed E-state index contributed by atoms with van der Waals surface area (Å²) in [5.41, 5.74) is 3.72. The lowest BCUT2D eigenvalue weighted by molar-refractivity contribution is -0.140. The van der Waals surface area contributed by atoms with Crippen molar-refractivity contribution in [2.24, 2.45) is 0 Å². The maximum absolute atomic E-state index is 12.2. The van der Waals surface area contributed by atoms with Crippen LogP contribution in [0.3, 0.4) is 0 Å². The summed E-state index contributed by atoms with van der Waals surface area (Å²) in [6.07, 6.45) is 0.631. The molecule has 0 aliphatic rings. The van der Waals surface area contributed by atoms with Crippen molar-refractivity contribution in [2.75, 3.05) is 20.3 Å². The molecule has 30 heavy (non-hydrogen) atoms. The van der Waals surface area contributed by atoms with Gasteiger partial charge in [0.1, 0.15) is 5.75 Å². The molecule has 3 aromatic rings. The molecule has 0 bridgehead atoms. The van der Waals surface area contributed by atoms with E-state index in [1.807, 2.05) is 48.5 Å². The Morgan fingerprint density at radius 2 is 1.70 bits per heavy atom. The van der Waals surface area contributed by atoms with E-state index in [1.165, 1.54) is 6.92 Å². The van der Waals surface area contributed by atoms with Crippen molar-refractivity contribution in [1.82, 2.24) is 9.78 Å². The summed E-state index contributed by atoms with van der Waals surface area (Å²) < 4.78 is 17.0. The highest BCUT2D eigenvalue weighted by molar-refractivity contribution is 5.89. The molecular weight excluding hydrogens is 384 g/mol. The Balaban J connectivity index is 1.93. The number of hydrogen-bond acceptors (Lipinski definition) is 6. The zero-order valence-corrected chi connectivity index (χ0v) is 17.3. The fourth-order valence-corrected chi connectivity index (χ4v) is 2.97. The highest BCUT2D eigenvalue weighted by atomic mass is 16.5. The Hall–Kier alpha value is -3.61. The average Bonchev–Trinajstić information content (AvgIpc) is 3.20. The topological polar surface area (TPSA) is 79.7 Å². The first kappa shape index (κ1) is 21.1.